The summed E-state index contributed by atoms with van der Waals surface area (Å²) in [5.74, 6) is 0.521. The van der Waals surface area contributed by atoms with Gasteiger partial charge >= 0.3 is 0 Å². The van der Waals surface area contributed by atoms with Gasteiger partial charge in [-0.15, -0.1) is 24.0 Å². The van der Waals surface area contributed by atoms with Crippen LogP contribution in [0.25, 0.3) is 0 Å². The van der Waals surface area contributed by atoms with Gasteiger partial charge in [-0.2, -0.15) is 0 Å². The number of aliphatic imine (C=N–C) groups is 1. The van der Waals surface area contributed by atoms with Gasteiger partial charge in [-0.25, -0.2) is 14.4 Å². The number of hydrogen-bond acceptors (Lipinski definition) is 2. The lowest BCUT2D eigenvalue weighted by molar-refractivity contribution is 0.616. The molecule has 0 bridgehead atoms. The van der Waals surface area contributed by atoms with E-state index in [4.69, 9.17) is 0 Å². The summed E-state index contributed by atoms with van der Waals surface area (Å²) in [4.78, 5) is 8.62. The topological polar surface area (TPSA) is 54.2 Å². The third-order valence-corrected chi connectivity index (χ3v) is 4.41. The highest BCUT2D eigenvalue weighted by Gasteiger charge is 2.02. The third-order valence-electron chi connectivity index (χ3n) is 4.41. The molecule has 0 fully saturated rings. The van der Waals surface area contributed by atoms with Crippen molar-refractivity contribution in [2.45, 2.75) is 33.5 Å². The SMILES string of the molecule is CCNC(=NCc1ccc(C)c(F)c1)NCc1ccc(Cn2ccnc2)cc1.I. The highest BCUT2D eigenvalue weighted by molar-refractivity contribution is 14.0. The number of imidazole rings is 1. The maximum atomic E-state index is 13.7. The maximum Gasteiger partial charge on any atom is 0.191 e. The zero-order valence-electron chi connectivity index (χ0n) is 16.7. The van der Waals surface area contributed by atoms with Crippen LogP contribution in [0.5, 0.6) is 0 Å². The predicted octanol–water partition coefficient (Wildman–Crippen LogP) is 4.25. The summed E-state index contributed by atoms with van der Waals surface area (Å²) >= 11 is 0. The van der Waals surface area contributed by atoms with Gasteiger partial charge in [-0.05, 0) is 42.2 Å². The molecule has 7 heteroatoms. The Morgan fingerprint density at radius 3 is 2.45 bits per heavy atom. The molecule has 3 aromatic rings. The fraction of sp³-hybridized carbons (Fsp3) is 0.273. The van der Waals surface area contributed by atoms with E-state index in [0.717, 1.165) is 18.7 Å². The average molecular weight is 507 g/mol. The fourth-order valence-corrected chi connectivity index (χ4v) is 2.79. The smallest absolute Gasteiger partial charge is 0.191 e. The zero-order valence-corrected chi connectivity index (χ0v) is 19.1. The summed E-state index contributed by atoms with van der Waals surface area (Å²) in [5, 5.41) is 6.55. The molecule has 0 atom stereocenters. The van der Waals surface area contributed by atoms with E-state index in [1.54, 1.807) is 25.3 Å². The zero-order chi connectivity index (χ0) is 19.8. The Bertz CT molecular complexity index is 907. The molecule has 154 valence electrons. The van der Waals surface area contributed by atoms with Gasteiger partial charge in [-0.1, -0.05) is 36.4 Å². The van der Waals surface area contributed by atoms with E-state index in [9.17, 15) is 4.39 Å². The van der Waals surface area contributed by atoms with Crippen molar-refractivity contribution in [3.63, 3.8) is 0 Å². The molecule has 0 radical (unpaired) electrons. The van der Waals surface area contributed by atoms with Crippen molar-refractivity contribution < 1.29 is 4.39 Å². The Morgan fingerprint density at radius 1 is 1.07 bits per heavy atom. The van der Waals surface area contributed by atoms with E-state index in [1.807, 2.05) is 30.1 Å². The van der Waals surface area contributed by atoms with Crippen LogP contribution in [0.3, 0.4) is 0 Å². The van der Waals surface area contributed by atoms with Gasteiger partial charge in [0.15, 0.2) is 5.96 Å². The first-order valence-corrected chi connectivity index (χ1v) is 9.45. The van der Waals surface area contributed by atoms with Crippen molar-refractivity contribution in [1.29, 1.82) is 0 Å². The van der Waals surface area contributed by atoms with Gasteiger partial charge in [-0.3, -0.25) is 0 Å². The Kier molecular flexibility index (Phi) is 9.11. The molecule has 0 saturated carbocycles. The second kappa shape index (κ2) is 11.5. The number of guanidine groups is 1. The number of aromatic nitrogens is 2. The fourth-order valence-electron chi connectivity index (χ4n) is 2.79. The van der Waals surface area contributed by atoms with Crippen molar-refractivity contribution >= 4 is 29.9 Å². The van der Waals surface area contributed by atoms with Gasteiger partial charge in [0.05, 0.1) is 12.9 Å². The Morgan fingerprint density at radius 2 is 1.79 bits per heavy atom. The normalized spacial score (nSPS) is 11.1. The van der Waals surface area contributed by atoms with Crippen LogP contribution in [0.4, 0.5) is 4.39 Å². The quantitative estimate of drug-likeness (QED) is 0.286. The summed E-state index contributed by atoms with van der Waals surface area (Å²) in [6.07, 6.45) is 5.55. The summed E-state index contributed by atoms with van der Waals surface area (Å²) < 4.78 is 15.7. The molecular weight excluding hydrogens is 480 g/mol. The summed E-state index contributed by atoms with van der Waals surface area (Å²) in [6.45, 7) is 6.45. The summed E-state index contributed by atoms with van der Waals surface area (Å²) in [5.41, 5.74) is 3.89. The van der Waals surface area contributed by atoms with Gasteiger partial charge < -0.3 is 15.2 Å². The molecule has 2 aromatic carbocycles. The van der Waals surface area contributed by atoms with Crippen molar-refractivity contribution in [2.75, 3.05) is 6.54 Å². The minimum absolute atomic E-state index is 0. The Hall–Kier alpha value is -2.42. The third kappa shape index (κ3) is 7.16. The van der Waals surface area contributed by atoms with Crippen molar-refractivity contribution in [3.05, 3.63) is 89.3 Å². The molecule has 1 heterocycles. The Labute approximate surface area is 188 Å². The highest BCUT2D eigenvalue weighted by atomic mass is 127. The molecule has 3 rings (SSSR count). The number of halogens is 2. The van der Waals surface area contributed by atoms with Crippen LogP contribution in [0.1, 0.15) is 29.2 Å². The molecule has 0 aliphatic carbocycles. The van der Waals surface area contributed by atoms with Gasteiger partial charge in [0.25, 0.3) is 0 Å². The lowest BCUT2D eigenvalue weighted by atomic mass is 10.1. The van der Waals surface area contributed by atoms with Crippen LogP contribution in [0.2, 0.25) is 0 Å². The van der Waals surface area contributed by atoms with Crippen LogP contribution in [-0.4, -0.2) is 22.1 Å². The van der Waals surface area contributed by atoms with Crippen molar-refractivity contribution in [2.24, 2.45) is 4.99 Å². The highest BCUT2D eigenvalue weighted by Crippen LogP contribution is 2.10. The lowest BCUT2D eigenvalue weighted by Gasteiger charge is -2.12. The molecule has 29 heavy (non-hydrogen) atoms. The van der Waals surface area contributed by atoms with E-state index in [0.29, 0.717) is 24.6 Å². The first kappa shape index (κ1) is 22.9. The molecule has 5 nitrogen and oxygen atoms in total. The number of aryl methyl sites for hydroxylation is 1. The minimum Gasteiger partial charge on any atom is -0.357 e. The maximum absolute atomic E-state index is 13.7. The molecule has 0 aliphatic heterocycles. The number of rotatable bonds is 7. The summed E-state index contributed by atoms with van der Waals surface area (Å²) in [7, 11) is 0. The molecule has 2 N–H and O–H groups in total. The first-order valence-electron chi connectivity index (χ1n) is 9.45. The van der Waals surface area contributed by atoms with Crippen molar-refractivity contribution in [3.8, 4) is 0 Å². The number of nitrogens with one attached hydrogen (secondary N) is 2. The van der Waals surface area contributed by atoms with E-state index in [-0.39, 0.29) is 29.8 Å². The monoisotopic (exact) mass is 507 g/mol. The minimum atomic E-state index is -0.193. The molecule has 0 spiro atoms. The van der Waals surface area contributed by atoms with E-state index in [1.165, 1.54) is 11.1 Å². The lowest BCUT2D eigenvalue weighted by Crippen LogP contribution is -2.36. The van der Waals surface area contributed by atoms with Crippen LogP contribution in [-0.2, 0) is 19.6 Å². The van der Waals surface area contributed by atoms with E-state index in [2.05, 4.69) is 44.9 Å². The van der Waals surface area contributed by atoms with Gasteiger partial charge in [0, 0.05) is 32.0 Å². The molecule has 0 unspecified atom stereocenters. The standard InChI is InChI=1S/C22H26FN5.HI/c1-3-25-22(27-14-20-5-4-17(2)21(23)12-20)26-13-18-6-8-19(9-7-18)15-28-11-10-24-16-28;/h4-12,16H,3,13-15H2,1-2H3,(H2,25,26,27);1H. The second-order valence-electron chi connectivity index (χ2n) is 6.68. The summed E-state index contributed by atoms with van der Waals surface area (Å²) in [6, 6.07) is 13.7. The van der Waals surface area contributed by atoms with E-state index >= 15 is 0 Å². The second-order valence-corrected chi connectivity index (χ2v) is 6.68. The van der Waals surface area contributed by atoms with Crippen LogP contribution >= 0.6 is 24.0 Å². The Balaban J connectivity index is 0.00000300. The largest absolute Gasteiger partial charge is 0.357 e. The van der Waals surface area contributed by atoms with Gasteiger partial charge in [0.2, 0.25) is 0 Å². The van der Waals surface area contributed by atoms with Crippen LogP contribution in [0, 0.1) is 12.7 Å². The van der Waals surface area contributed by atoms with Gasteiger partial charge in [0.1, 0.15) is 5.82 Å². The molecule has 0 saturated heterocycles. The molecule has 0 amide bonds. The first-order chi connectivity index (χ1) is 13.6. The van der Waals surface area contributed by atoms with Crippen LogP contribution < -0.4 is 10.6 Å². The number of benzene rings is 2. The molecule has 1 aromatic heterocycles. The molecular formula is C22H27FIN5. The van der Waals surface area contributed by atoms with E-state index < -0.39 is 0 Å². The predicted molar refractivity (Wildman–Crippen MR) is 126 cm³/mol. The average Bonchev–Trinajstić information content (AvgIpc) is 3.21. The van der Waals surface area contributed by atoms with Crippen LogP contribution in [0.15, 0.2) is 66.2 Å². The number of hydrogen-bond donors (Lipinski definition) is 2. The number of nitrogens with zero attached hydrogens (tertiary/aromatic N) is 3. The molecule has 0 aliphatic rings. The van der Waals surface area contributed by atoms with Crippen molar-refractivity contribution in [1.82, 2.24) is 20.2 Å².